The van der Waals surface area contributed by atoms with Gasteiger partial charge < -0.3 is 0 Å². The van der Waals surface area contributed by atoms with Gasteiger partial charge in [-0.3, -0.25) is 8.37 Å². The first-order valence-electron chi connectivity index (χ1n) is 5.48. The summed E-state index contributed by atoms with van der Waals surface area (Å²) in [6.07, 6.45) is -0.0000463. The SMILES string of the molecule is CC1(C)CC2=C(CC(C)(C)OS2(=O)=O)S(=O)(=O)O1. The minimum Gasteiger partial charge on any atom is -0.260 e. The summed E-state index contributed by atoms with van der Waals surface area (Å²) in [5.74, 6) is 0. The highest BCUT2D eigenvalue weighted by molar-refractivity contribution is 7.94. The minimum absolute atomic E-state index is 0.0000231. The van der Waals surface area contributed by atoms with Crippen LogP contribution in [0.1, 0.15) is 40.5 Å². The second-order valence-corrected chi connectivity index (χ2v) is 8.93. The molecular weight excluding hydrogens is 280 g/mol. The Bertz CT molecular complexity index is 565. The summed E-state index contributed by atoms with van der Waals surface area (Å²) in [6.45, 7) is 6.13. The van der Waals surface area contributed by atoms with Gasteiger partial charge >= 0.3 is 0 Å². The van der Waals surface area contributed by atoms with E-state index >= 15 is 0 Å². The van der Waals surface area contributed by atoms with Crippen LogP contribution in [0.4, 0.5) is 0 Å². The summed E-state index contributed by atoms with van der Waals surface area (Å²) in [4.78, 5) is -0.337. The van der Waals surface area contributed by atoms with Crippen molar-refractivity contribution in [2.75, 3.05) is 0 Å². The molecule has 2 rings (SSSR count). The summed E-state index contributed by atoms with van der Waals surface area (Å²) in [6, 6.07) is 0. The van der Waals surface area contributed by atoms with E-state index in [4.69, 9.17) is 8.37 Å². The summed E-state index contributed by atoms with van der Waals surface area (Å²) in [5, 5.41) is 0. The highest BCUT2D eigenvalue weighted by Gasteiger charge is 2.49. The molecule has 0 amide bonds. The lowest BCUT2D eigenvalue weighted by Gasteiger charge is -2.38. The standard InChI is InChI=1S/C10H16O6S2/c1-9(2)5-7-8(17(11,12)15-9)6-10(3,4)16-18(7,13)14/h5-6H2,1-4H3. The molecular formula is C10H16O6S2. The van der Waals surface area contributed by atoms with Crippen molar-refractivity contribution in [1.82, 2.24) is 0 Å². The van der Waals surface area contributed by atoms with Gasteiger partial charge in [0.2, 0.25) is 0 Å². The summed E-state index contributed by atoms with van der Waals surface area (Å²) >= 11 is 0. The van der Waals surface area contributed by atoms with E-state index in [1.165, 1.54) is 27.7 Å². The Balaban J connectivity index is 2.71. The predicted molar refractivity (Wildman–Crippen MR) is 64.4 cm³/mol. The Kier molecular flexibility index (Phi) is 2.76. The molecule has 0 aromatic heterocycles. The first-order valence-corrected chi connectivity index (χ1v) is 8.30. The van der Waals surface area contributed by atoms with Crippen molar-refractivity contribution < 1.29 is 25.2 Å². The molecule has 6 nitrogen and oxygen atoms in total. The molecule has 2 aliphatic heterocycles. The van der Waals surface area contributed by atoms with Gasteiger partial charge in [-0.2, -0.15) is 16.8 Å². The number of hydrogen-bond donors (Lipinski definition) is 0. The van der Waals surface area contributed by atoms with Gasteiger partial charge in [0.05, 0.1) is 21.0 Å². The van der Waals surface area contributed by atoms with Crippen molar-refractivity contribution in [3.8, 4) is 0 Å². The zero-order valence-corrected chi connectivity index (χ0v) is 12.3. The second-order valence-electron chi connectivity index (χ2n) is 5.79. The molecule has 8 heteroatoms. The molecule has 0 saturated carbocycles. The highest BCUT2D eigenvalue weighted by Crippen LogP contribution is 2.45. The first-order chi connectivity index (χ1) is 7.85. The van der Waals surface area contributed by atoms with Crippen LogP contribution in [0.5, 0.6) is 0 Å². The zero-order chi connectivity index (χ0) is 14.0. The van der Waals surface area contributed by atoms with Gasteiger partial charge in [0, 0.05) is 12.8 Å². The van der Waals surface area contributed by atoms with E-state index < -0.39 is 31.4 Å². The molecule has 0 unspecified atom stereocenters. The van der Waals surface area contributed by atoms with Crippen molar-refractivity contribution >= 4 is 20.2 Å². The minimum atomic E-state index is -4.01. The molecule has 0 aliphatic carbocycles. The highest BCUT2D eigenvalue weighted by atomic mass is 32.2. The van der Waals surface area contributed by atoms with E-state index in [9.17, 15) is 16.8 Å². The molecule has 0 fully saturated rings. The van der Waals surface area contributed by atoms with Crippen LogP contribution in [0.3, 0.4) is 0 Å². The largest absolute Gasteiger partial charge is 0.294 e. The fourth-order valence-electron chi connectivity index (χ4n) is 2.18. The monoisotopic (exact) mass is 296 g/mol. The van der Waals surface area contributed by atoms with Crippen LogP contribution < -0.4 is 0 Å². The van der Waals surface area contributed by atoms with E-state index in [0.717, 1.165) is 0 Å². The van der Waals surface area contributed by atoms with Crippen molar-refractivity contribution in [2.45, 2.75) is 51.7 Å². The van der Waals surface area contributed by atoms with Gasteiger partial charge in [-0.15, -0.1) is 0 Å². The van der Waals surface area contributed by atoms with Crippen molar-refractivity contribution in [1.29, 1.82) is 0 Å². The predicted octanol–water partition coefficient (Wildman–Crippen LogP) is 1.26. The van der Waals surface area contributed by atoms with E-state index in [1.807, 2.05) is 0 Å². The third-order valence-corrected chi connectivity index (χ3v) is 6.22. The lowest BCUT2D eigenvalue weighted by molar-refractivity contribution is 0.0902. The fraction of sp³-hybridized carbons (Fsp3) is 0.800. The molecule has 18 heavy (non-hydrogen) atoms. The lowest BCUT2D eigenvalue weighted by Crippen LogP contribution is -2.43. The van der Waals surface area contributed by atoms with Crippen molar-refractivity contribution in [2.24, 2.45) is 0 Å². The van der Waals surface area contributed by atoms with Crippen LogP contribution in [0.2, 0.25) is 0 Å². The third-order valence-electron chi connectivity index (χ3n) is 2.76. The van der Waals surface area contributed by atoms with E-state index in [0.29, 0.717) is 0 Å². The summed E-state index contributed by atoms with van der Waals surface area (Å²) in [7, 11) is -8.03. The molecule has 104 valence electrons. The molecule has 2 aliphatic rings. The maximum atomic E-state index is 12.0. The van der Waals surface area contributed by atoms with Crippen LogP contribution >= 0.6 is 0 Å². The van der Waals surface area contributed by atoms with Crippen LogP contribution in [-0.2, 0) is 28.6 Å². The Morgan fingerprint density at radius 1 is 0.778 bits per heavy atom. The average Bonchev–Trinajstić information content (AvgIpc) is 2.03. The van der Waals surface area contributed by atoms with E-state index in [-0.39, 0.29) is 22.7 Å². The Morgan fingerprint density at radius 2 is 1.06 bits per heavy atom. The Labute approximate surface area is 107 Å². The second kappa shape index (κ2) is 3.56. The maximum Gasteiger partial charge on any atom is 0.294 e. The van der Waals surface area contributed by atoms with Crippen molar-refractivity contribution in [3.05, 3.63) is 9.81 Å². The van der Waals surface area contributed by atoms with Gasteiger partial charge in [0.25, 0.3) is 20.2 Å². The smallest absolute Gasteiger partial charge is 0.260 e. The molecule has 0 spiro atoms. The molecule has 0 radical (unpaired) electrons. The summed E-state index contributed by atoms with van der Waals surface area (Å²) in [5.41, 5.74) is -2.15. The van der Waals surface area contributed by atoms with Gasteiger partial charge in [0.15, 0.2) is 0 Å². The first kappa shape index (κ1) is 14.0. The lowest BCUT2D eigenvalue weighted by atomic mass is 10.0. The van der Waals surface area contributed by atoms with Gasteiger partial charge in [0.1, 0.15) is 0 Å². The number of hydrogen-bond acceptors (Lipinski definition) is 6. The molecule has 0 N–H and O–H groups in total. The Morgan fingerprint density at radius 3 is 1.33 bits per heavy atom. The van der Waals surface area contributed by atoms with Crippen LogP contribution in [0, 0.1) is 0 Å². The van der Waals surface area contributed by atoms with E-state index in [1.54, 1.807) is 0 Å². The summed E-state index contributed by atoms with van der Waals surface area (Å²) < 4.78 is 58.1. The van der Waals surface area contributed by atoms with Crippen LogP contribution in [-0.4, -0.2) is 28.0 Å². The third kappa shape index (κ3) is 2.34. The molecule has 2 heterocycles. The average molecular weight is 296 g/mol. The molecule has 0 saturated heterocycles. The van der Waals surface area contributed by atoms with Gasteiger partial charge in [-0.05, 0) is 27.7 Å². The van der Waals surface area contributed by atoms with Crippen molar-refractivity contribution in [3.63, 3.8) is 0 Å². The van der Waals surface area contributed by atoms with Crippen LogP contribution in [0.25, 0.3) is 0 Å². The van der Waals surface area contributed by atoms with Crippen LogP contribution in [0.15, 0.2) is 9.81 Å². The van der Waals surface area contributed by atoms with E-state index in [2.05, 4.69) is 0 Å². The van der Waals surface area contributed by atoms with Gasteiger partial charge in [-0.1, -0.05) is 0 Å². The topological polar surface area (TPSA) is 86.7 Å². The normalized spacial score (nSPS) is 31.8. The zero-order valence-electron chi connectivity index (χ0n) is 10.7. The molecule has 0 aromatic rings. The fourth-order valence-corrected chi connectivity index (χ4v) is 6.05. The maximum absolute atomic E-state index is 12.0. The molecule has 0 bridgehead atoms. The molecule has 0 atom stereocenters. The number of rotatable bonds is 0. The Hall–Kier alpha value is -0.440. The quantitative estimate of drug-likeness (QED) is 0.625. The van der Waals surface area contributed by atoms with Gasteiger partial charge in [-0.25, -0.2) is 0 Å². The molecule has 0 aromatic carbocycles.